The number of guanidine groups is 1. The van der Waals surface area contributed by atoms with Crippen LogP contribution in [0.1, 0.15) is 33.1 Å². The number of nitrogens with zero attached hydrogens (tertiary/aromatic N) is 2. The summed E-state index contributed by atoms with van der Waals surface area (Å²) in [5.41, 5.74) is 0. The largest absolute Gasteiger partial charge is 0.357 e. The van der Waals surface area contributed by atoms with Crippen LogP contribution in [0, 0.1) is 0 Å². The van der Waals surface area contributed by atoms with E-state index in [1.807, 2.05) is 14.0 Å². The zero-order chi connectivity index (χ0) is 14.7. The van der Waals surface area contributed by atoms with Crippen LogP contribution in [-0.2, 0) is 10.0 Å². The van der Waals surface area contributed by atoms with E-state index in [1.165, 1.54) is 6.26 Å². The van der Waals surface area contributed by atoms with Gasteiger partial charge in [0, 0.05) is 33.2 Å². The van der Waals surface area contributed by atoms with Gasteiger partial charge in [-0.2, -0.15) is 0 Å². The van der Waals surface area contributed by atoms with E-state index in [4.69, 9.17) is 0 Å². The van der Waals surface area contributed by atoms with Crippen LogP contribution in [0.3, 0.4) is 0 Å². The van der Waals surface area contributed by atoms with Crippen molar-refractivity contribution in [2.75, 3.05) is 39.5 Å². The second-order valence-corrected chi connectivity index (χ2v) is 6.36. The van der Waals surface area contributed by atoms with Crippen LogP contribution in [0.4, 0.5) is 0 Å². The number of halogens is 1. The molecule has 0 radical (unpaired) electrons. The van der Waals surface area contributed by atoms with Gasteiger partial charge in [0.15, 0.2) is 5.96 Å². The Bertz CT molecular complexity index is 360. The number of hydrogen-bond acceptors (Lipinski definition) is 3. The molecule has 0 atom stereocenters. The van der Waals surface area contributed by atoms with Gasteiger partial charge in [-0.15, -0.1) is 24.0 Å². The maximum Gasteiger partial charge on any atom is 0.208 e. The molecule has 0 unspecified atom stereocenters. The monoisotopic (exact) mass is 420 g/mol. The number of hydrogen-bond donors (Lipinski definition) is 2. The van der Waals surface area contributed by atoms with Gasteiger partial charge in [-0.3, -0.25) is 4.99 Å². The third-order valence-electron chi connectivity index (χ3n) is 2.50. The van der Waals surface area contributed by atoms with Gasteiger partial charge < -0.3 is 10.2 Å². The van der Waals surface area contributed by atoms with Crippen molar-refractivity contribution in [2.45, 2.75) is 33.1 Å². The maximum absolute atomic E-state index is 10.9. The summed E-state index contributed by atoms with van der Waals surface area (Å²) in [6.45, 7) is 7.05. The molecule has 0 aliphatic rings. The van der Waals surface area contributed by atoms with Gasteiger partial charge in [-0.1, -0.05) is 13.3 Å². The summed E-state index contributed by atoms with van der Waals surface area (Å²) in [5, 5.41) is 3.24. The zero-order valence-electron chi connectivity index (χ0n) is 13.0. The summed E-state index contributed by atoms with van der Waals surface area (Å²) >= 11 is 0. The highest BCUT2D eigenvalue weighted by Crippen LogP contribution is 1.94. The Labute approximate surface area is 140 Å². The summed E-state index contributed by atoms with van der Waals surface area (Å²) < 4.78 is 24.2. The molecule has 0 amide bonds. The minimum Gasteiger partial charge on any atom is -0.357 e. The summed E-state index contributed by atoms with van der Waals surface area (Å²) in [6.07, 6.45) is 4.15. The van der Waals surface area contributed by atoms with Gasteiger partial charge >= 0.3 is 0 Å². The predicted octanol–water partition coefficient (Wildman–Crippen LogP) is 1.24. The fourth-order valence-corrected chi connectivity index (χ4v) is 2.01. The molecule has 8 heteroatoms. The van der Waals surface area contributed by atoms with Crippen molar-refractivity contribution in [1.82, 2.24) is 14.9 Å². The van der Waals surface area contributed by atoms with E-state index < -0.39 is 10.0 Å². The molecule has 0 saturated carbocycles. The average molecular weight is 420 g/mol. The van der Waals surface area contributed by atoms with E-state index in [1.54, 1.807) is 0 Å². The smallest absolute Gasteiger partial charge is 0.208 e. The van der Waals surface area contributed by atoms with Crippen molar-refractivity contribution in [3.8, 4) is 0 Å². The first-order valence-corrected chi connectivity index (χ1v) is 8.74. The van der Waals surface area contributed by atoms with E-state index in [-0.39, 0.29) is 24.0 Å². The Kier molecular flexibility index (Phi) is 14.0. The molecule has 0 aliphatic carbocycles. The Morgan fingerprint density at radius 2 is 1.90 bits per heavy atom. The van der Waals surface area contributed by atoms with Gasteiger partial charge in [0.2, 0.25) is 10.0 Å². The molecule has 2 N–H and O–H groups in total. The van der Waals surface area contributed by atoms with Gasteiger partial charge in [0.25, 0.3) is 0 Å². The highest BCUT2D eigenvalue weighted by atomic mass is 127. The van der Waals surface area contributed by atoms with Crippen molar-refractivity contribution in [3.63, 3.8) is 0 Å². The fraction of sp³-hybridized carbons (Fsp3) is 0.917. The molecule has 0 rings (SSSR count). The van der Waals surface area contributed by atoms with Gasteiger partial charge in [0.05, 0.1) is 6.26 Å². The highest BCUT2D eigenvalue weighted by Gasteiger charge is 2.04. The lowest BCUT2D eigenvalue weighted by Crippen LogP contribution is -2.39. The van der Waals surface area contributed by atoms with E-state index in [2.05, 4.69) is 26.9 Å². The predicted molar refractivity (Wildman–Crippen MR) is 96.4 cm³/mol. The minimum atomic E-state index is -3.09. The minimum absolute atomic E-state index is 0. The third-order valence-corrected chi connectivity index (χ3v) is 3.23. The van der Waals surface area contributed by atoms with Crippen LogP contribution in [0.2, 0.25) is 0 Å². The Morgan fingerprint density at radius 1 is 1.25 bits per heavy atom. The molecule has 0 aromatic carbocycles. The molecule has 0 aliphatic heterocycles. The lowest BCUT2D eigenvalue weighted by atomic mass is 10.3. The van der Waals surface area contributed by atoms with Crippen LogP contribution >= 0.6 is 24.0 Å². The lowest BCUT2D eigenvalue weighted by Gasteiger charge is -2.21. The molecular weight excluding hydrogens is 391 g/mol. The zero-order valence-corrected chi connectivity index (χ0v) is 16.1. The van der Waals surface area contributed by atoms with Crippen LogP contribution in [0.15, 0.2) is 4.99 Å². The van der Waals surface area contributed by atoms with Gasteiger partial charge in [0.1, 0.15) is 0 Å². The van der Waals surface area contributed by atoms with Crippen LogP contribution in [-0.4, -0.2) is 58.8 Å². The normalized spacial score (nSPS) is 11.9. The Balaban J connectivity index is 0. The number of nitrogens with one attached hydrogen (secondary N) is 2. The lowest BCUT2D eigenvalue weighted by molar-refractivity contribution is 0.464. The first kappa shape index (κ1) is 22.2. The molecule has 0 spiro atoms. The van der Waals surface area contributed by atoms with Gasteiger partial charge in [-0.25, -0.2) is 13.1 Å². The van der Waals surface area contributed by atoms with Crippen LogP contribution < -0.4 is 10.0 Å². The summed E-state index contributed by atoms with van der Waals surface area (Å²) in [4.78, 5) is 6.59. The Hall–Kier alpha value is -0.0900. The first-order valence-electron chi connectivity index (χ1n) is 6.84. The highest BCUT2D eigenvalue weighted by molar-refractivity contribution is 14.0. The van der Waals surface area contributed by atoms with Crippen molar-refractivity contribution in [3.05, 3.63) is 0 Å². The van der Waals surface area contributed by atoms with E-state index in [0.717, 1.165) is 31.9 Å². The number of unbranched alkanes of at least 4 members (excludes halogenated alkanes) is 1. The summed E-state index contributed by atoms with van der Waals surface area (Å²) in [5.74, 6) is 0.885. The summed E-state index contributed by atoms with van der Waals surface area (Å²) in [7, 11) is -1.07. The molecule has 0 aromatic rings. The van der Waals surface area contributed by atoms with Crippen molar-refractivity contribution >= 4 is 40.0 Å². The molecule has 6 nitrogen and oxygen atoms in total. The molecule has 0 aromatic heterocycles. The van der Waals surface area contributed by atoms with E-state index >= 15 is 0 Å². The second kappa shape index (κ2) is 12.6. The Morgan fingerprint density at radius 3 is 2.40 bits per heavy atom. The molecule has 0 fully saturated rings. The van der Waals surface area contributed by atoms with Crippen molar-refractivity contribution in [2.24, 2.45) is 4.99 Å². The topological polar surface area (TPSA) is 73.8 Å². The molecule has 20 heavy (non-hydrogen) atoms. The SMILES string of the molecule is CCCCN(C)C(=NCCCNS(C)(=O)=O)NCC.I. The molecular formula is C12H29IN4O2S. The molecule has 0 saturated heterocycles. The fourth-order valence-electron chi connectivity index (χ4n) is 1.49. The number of sulfonamides is 1. The second-order valence-electron chi connectivity index (χ2n) is 4.53. The van der Waals surface area contributed by atoms with E-state index in [0.29, 0.717) is 19.5 Å². The number of aliphatic imine (C=N–C) groups is 1. The first-order chi connectivity index (χ1) is 8.90. The summed E-state index contributed by atoms with van der Waals surface area (Å²) in [6, 6.07) is 0. The molecule has 0 heterocycles. The third kappa shape index (κ3) is 12.9. The van der Waals surface area contributed by atoms with Crippen molar-refractivity contribution in [1.29, 1.82) is 0 Å². The van der Waals surface area contributed by atoms with Crippen molar-refractivity contribution < 1.29 is 8.42 Å². The number of rotatable bonds is 9. The van der Waals surface area contributed by atoms with E-state index in [9.17, 15) is 8.42 Å². The average Bonchev–Trinajstić information content (AvgIpc) is 2.32. The quantitative estimate of drug-likeness (QED) is 0.255. The molecule has 0 bridgehead atoms. The maximum atomic E-state index is 10.9. The standard InChI is InChI=1S/C12H28N4O2S.HI/c1-5-7-11-16(3)12(13-6-2)14-9-8-10-15-19(4,17)18;/h15H,5-11H2,1-4H3,(H,13,14);1H. The van der Waals surface area contributed by atoms with Gasteiger partial charge in [-0.05, 0) is 19.8 Å². The molecule has 122 valence electrons. The van der Waals surface area contributed by atoms with Crippen LogP contribution in [0.25, 0.3) is 0 Å². The van der Waals surface area contributed by atoms with Crippen LogP contribution in [0.5, 0.6) is 0 Å².